The van der Waals surface area contributed by atoms with Gasteiger partial charge in [0.2, 0.25) is 0 Å². The van der Waals surface area contributed by atoms with E-state index in [1.807, 2.05) is 54.6 Å². The summed E-state index contributed by atoms with van der Waals surface area (Å²) in [6, 6.07) is 32.9. The van der Waals surface area contributed by atoms with Crippen molar-refractivity contribution in [3.63, 3.8) is 0 Å². The Morgan fingerprint density at radius 3 is 2.00 bits per heavy atom. The molecule has 5 aromatic rings. The molecular weight excluding hydrogens is 345 g/mol. The van der Waals surface area contributed by atoms with Gasteiger partial charge in [0.25, 0.3) is 0 Å². The van der Waals surface area contributed by atoms with E-state index < -0.39 is 0 Å². The second-order valence-corrected chi connectivity index (χ2v) is 6.66. The molecule has 0 bridgehead atoms. The number of para-hydroxylation sites is 1. The van der Waals surface area contributed by atoms with Crippen molar-refractivity contribution in [3.05, 3.63) is 97.1 Å². The van der Waals surface area contributed by atoms with Crippen molar-refractivity contribution in [1.82, 2.24) is 4.57 Å². The molecule has 0 saturated heterocycles. The molecule has 0 fully saturated rings. The summed E-state index contributed by atoms with van der Waals surface area (Å²) in [5.41, 5.74) is 5.61. The number of hydrogen-bond acceptors (Lipinski definition) is 2. The summed E-state index contributed by atoms with van der Waals surface area (Å²) < 4.78 is 18.2. The van der Waals surface area contributed by atoms with Gasteiger partial charge in [-0.05, 0) is 0 Å². The zero-order valence-corrected chi connectivity index (χ0v) is 15.1. The summed E-state index contributed by atoms with van der Waals surface area (Å²) in [6.07, 6.45) is 0. The quantitative estimate of drug-likeness (QED) is 0.379. The first-order chi connectivity index (χ1) is 13.8. The average molecular weight is 361 g/mol. The van der Waals surface area contributed by atoms with Crippen LogP contribution >= 0.6 is 0 Å². The van der Waals surface area contributed by atoms with Gasteiger partial charge in [-0.2, -0.15) is 0 Å². The van der Waals surface area contributed by atoms with Crippen molar-refractivity contribution in [2.24, 2.45) is 0 Å². The Morgan fingerprint density at radius 2 is 1.29 bits per heavy atom. The topological polar surface area (TPSA) is 31.2 Å². The Kier molecular flexibility index (Phi) is 4.02. The van der Waals surface area contributed by atoms with Crippen molar-refractivity contribution in [3.8, 4) is 22.6 Å². The molecule has 0 radical (unpaired) electrons. The van der Waals surface area contributed by atoms with E-state index in [0.29, 0.717) is 13.1 Å². The molecule has 1 aromatic heterocycles. The fraction of sp³-hybridized carbons (Fsp3) is 0. The van der Waals surface area contributed by atoms with Gasteiger partial charge in [0.1, 0.15) is 0 Å². The summed E-state index contributed by atoms with van der Waals surface area (Å²) in [4.78, 5) is 0. The molecule has 132 valence electrons. The van der Waals surface area contributed by atoms with E-state index in [1.165, 1.54) is 5.56 Å². The van der Waals surface area contributed by atoms with E-state index in [-0.39, 0.29) is 0 Å². The Balaban J connectivity index is 1.84. The van der Waals surface area contributed by atoms with Gasteiger partial charge in [-0.1, -0.05) is 0 Å². The van der Waals surface area contributed by atoms with Crippen LogP contribution < -0.4 is 4.65 Å². The third-order valence-corrected chi connectivity index (χ3v) is 5.04. The van der Waals surface area contributed by atoms with Crippen LogP contribution in [0.3, 0.4) is 0 Å². The first-order valence-electron chi connectivity index (χ1n) is 9.14. The molecule has 5 rings (SSSR count). The normalized spacial score (nSPS) is 10.9. The van der Waals surface area contributed by atoms with E-state index >= 15 is 0 Å². The van der Waals surface area contributed by atoms with Crippen molar-refractivity contribution < 1.29 is 9.36 Å². The van der Waals surface area contributed by atoms with Gasteiger partial charge in [0.05, 0.1) is 0 Å². The molecule has 0 N–H and O–H groups in total. The van der Waals surface area contributed by atoms with Gasteiger partial charge >= 0.3 is 163 Å². The number of nitrogens with zero attached hydrogens (tertiary/aromatic N) is 1. The summed E-state index contributed by atoms with van der Waals surface area (Å²) in [5, 5.41) is 2.17. The summed E-state index contributed by atoms with van der Waals surface area (Å²) >= 11 is 0. The molecule has 0 aliphatic carbocycles. The second kappa shape index (κ2) is 6.82. The Labute approximate surface area is 163 Å². The third-order valence-electron chi connectivity index (χ3n) is 5.04. The first-order valence-corrected chi connectivity index (χ1v) is 9.14. The van der Waals surface area contributed by atoms with Crippen LogP contribution in [0.5, 0.6) is 5.75 Å². The number of aromatic nitrogens is 1. The minimum atomic E-state index is 0.465. The van der Waals surface area contributed by atoms with E-state index in [0.717, 1.165) is 33.1 Å². The Hall–Kier alpha value is -3.66. The summed E-state index contributed by atoms with van der Waals surface area (Å²) in [6.45, 7) is 0. The van der Waals surface area contributed by atoms with Crippen LogP contribution in [0.15, 0.2) is 97.1 Å². The van der Waals surface area contributed by atoms with Crippen LogP contribution in [0.4, 0.5) is 0 Å². The summed E-state index contributed by atoms with van der Waals surface area (Å²) in [7, 11) is 0.465. The van der Waals surface area contributed by atoms with E-state index in [4.69, 9.17) is 4.65 Å². The molecule has 0 unspecified atom stereocenters. The van der Waals surface area contributed by atoms with Crippen molar-refractivity contribution in [2.45, 2.75) is 0 Å². The Morgan fingerprint density at radius 1 is 0.643 bits per heavy atom. The molecule has 1 heterocycles. The SMILES string of the molecule is O=BOc1ccc2c(c1)c1cc(-c3ccccc3)ccc1n2-c1ccccc1. The molecule has 3 nitrogen and oxygen atoms in total. The van der Waals surface area contributed by atoms with Gasteiger partial charge in [-0.15, -0.1) is 0 Å². The van der Waals surface area contributed by atoms with Gasteiger partial charge in [-0.3, -0.25) is 0 Å². The van der Waals surface area contributed by atoms with Crippen LogP contribution in [0, 0.1) is 0 Å². The molecule has 4 aromatic carbocycles. The van der Waals surface area contributed by atoms with Crippen LogP contribution in [0.2, 0.25) is 0 Å². The minimum absolute atomic E-state index is 0.465. The number of benzene rings is 4. The molecule has 0 amide bonds. The molecule has 0 saturated carbocycles. The zero-order chi connectivity index (χ0) is 18.9. The van der Waals surface area contributed by atoms with Crippen LogP contribution in [-0.4, -0.2) is 11.9 Å². The predicted molar refractivity (Wildman–Crippen MR) is 113 cm³/mol. The van der Waals surface area contributed by atoms with Crippen molar-refractivity contribution in [2.75, 3.05) is 0 Å². The van der Waals surface area contributed by atoms with Crippen LogP contribution in [0.1, 0.15) is 0 Å². The molecule has 0 spiro atoms. The standard InChI is InChI=1S/C24H16BNO2/c27-25-28-20-12-14-24-22(16-20)21-15-18(17-7-3-1-4-8-17)11-13-23(21)26(24)19-9-5-2-6-10-19/h1-16H. The molecule has 0 aliphatic rings. The van der Waals surface area contributed by atoms with E-state index in [1.54, 1.807) is 0 Å². The van der Waals surface area contributed by atoms with Gasteiger partial charge in [0.15, 0.2) is 0 Å². The maximum atomic E-state index is 10.8. The fourth-order valence-corrected chi connectivity index (χ4v) is 3.80. The van der Waals surface area contributed by atoms with Crippen LogP contribution in [-0.2, 0) is 4.70 Å². The Bertz CT molecular complexity index is 1290. The van der Waals surface area contributed by atoms with Gasteiger partial charge in [-0.25, -0.2) is 0 Å². The molecule has 4 heteroatoms. The molecule has 0 atom stereocenters. The number of hydrogen-bond donors (Lipinski definition) is 0. The zero-order valence-electron chi connectivity index (χ0n) is 15.1. The number of fused-ring (bicyclic) bond motifs is 3. The molecule has 28 heavy (non-hydrogen) atoms. The number of rotatable bonds is 4. The third kappa shape index (κ3) is 2.71. The average Bonchev–Trinajstić information content (AvgIpc) is 3.08. The van der Waals surface area contributed by atoms with Crippen molar-refractivity contribution in [1.29, 1.82) is 0 Å². The van der Waals surface area contributed by atoms with E-state index in [9.17, 15) is 4.70 Å². The maximum absolute atomic E-state index is 10.8. The second-order valence-electron chi connectivity index (χ2n) is 6.66. The van der Waals surface area contributed by atoms with Crippen molar-refractivity contribution >= 4 is 29.2 Å². The fourth-order valence-electron chi connectivity index (χ4n) is 3.80. The van der Waals surface area contributed by atoms with Gasteiger partial charge < -0.3 is 0 Å². The molecule has 0 aliphatic heterocycles. The molecular formula is C24H16BNO2. The first kappa shape index (κ1) is 16.5. The summed E-state index contributed by atoms with van der Waals surface area (Å²) in [5.74, 6) is 0.541. The predicted octanol–water partition coefficient (Wildman–Crippen LogP) is 5.79. The van der Waals surface area contributed by atoms with Gasteiger partial charge in [0, 0.05) is 0 Å². The van der Waals surface area contributed by atoms with Crippen LogP contribution in [0.25, 0.3) is 38.6 Å². The van der Waals surface area contributed by atoms with E-state index in [2.05, 4.69) is 47.0 Å². The monoisotopic (exact) mass is 361 g/mol.